The van der Waals surface area contributed by atoms with Gasteiger partial charge in [0.2, 0.25) is 0 Å². The fraction of sp³-hybridized carbons (Fsp3) is 0.368. The van der Waals surface area contributed by atoms with Gasteiger partial charge in [-0.2, -0.15) is 0 Å². The maximum Gasteiger partial charge on any atom is 0.0956 e. The highest BCUT2D eigenvalue weighted by Crippen LogP contribution is 2.29. The Morgan fingerprint density at radius 1 is 1.42 bits per heavy atom. The number of hydrogen-bond donors (Lipinski definition) is 3. The second-order valence-electron chi connectivity index (χ2n) is 5.83. The number of likely N-dealkylation sites (N-methyl/N-ethyl adjacent to an activating group) is 1. The largest absolute Gasteiger partial charge is 0.396 e. The van der Waals surface area contributed by atoms with Crippen LogP contribution >= 0.6 is 0 Å². The lowest BCUT2D eigenvalue weighted by Gasteiger charge is -2.21. The number of fused-ring (bicyclic) bond motifs is 1. The molecular weight excluding hydrogens is 300 g/mol. The fourth-order valence-electron chi connectivity index (χ4n) is 2.71. The SMILES string of the molecule is C=Cc1c(C)nc2ccccc2c1NCCN(C)C(=N)CCCO. The van der Waals surface area contributed by atoms with Crippen molar-refractivity contribution in [3.05, 3.63) is 42.1 Å². The number of para-hydroxylation sites is 1. The van der Waals surface area contributed by atoms with Crippen LogP contribution in [-0.2, 0) is 0 Å². The van der Waals surface area contributed by atoms with Gasteiger partial charge >= 0.3 is 0 Å². The van der Waals surface area contributed by atoms with Crippen LogP contribution in [0.4, 0.5) is 5.69 Å². The molecule has 0 aliphatic carbocycles. The van der Waals surface area contributed by atoms with Crippen molar-refractivity contribution in [2.75, 3.05) is 32.1 Å². The van der Waals surface area contributed by atoms with Crippen LogP contribution in [0.2, 0.25) is 0 Å². The molecule has 0 aliphatic rings. The number of rotatable bonds is 8. The smallest absolute Gasteiger partial charge is 0.0956 e. The van der Waals surface area contributed by atoms with Crippen molar-refractivity contribution < 1.29 is 5.11 Å². The van der Waals surface area contributed by atoms with Crippen LogP contribution in [0.25, 0.3) is 17.0 Å². The van der Waals surface area contributed by atoms with Gasteiger partial charge in [0.15, 0.2) is 0 Å². The number of amidine groups is 1. The van der Waals surface area contributed by atoms with Gasteiger partial charge in [0.1, 0.15) is 0 Å². The molecule has 1 aromatic carbocycles. The normalized spacial score (nSPS) is 10.6. The molecule has 0 radical (unpaired) electrons. The Hall–Kier alpha value is -2.40. The molecule has 0 amide bonds. The van der Waals surface area contributed by atoms with Crippen LogP contribution in [0.1, 0.15) is 24.1 Å². The van der Waals surface area contributed by atoms with Crippen molar-refractivity contribution in [2.24, 2.45) is 0 Å². The quantitative estimate of drug-likeness (QED) is 0.514. The third kappa shape index (κ3) is 4.11. The molecule has 1 aromatic heterocycles. The van der Waals surface area contributed by atoms with E-state index in [1.54, 1.807) is 0 Å². The van der Waals surface area contributed by atoms with Crippen LogP contribution < -0.4 is 5.32 Å². The Morgan fingerprint density at radius 2 is 2.17 bits per heavy atom. The van der Waals surface area contributed by atoms with Crippen molar-refractivity contribution in [1.82, 2.24) is 9.88 Å². The first-order valence-corrected chi connectivity index (χ1v) is 8.23. The second-order valence-corrected chi connectivity index (χ2v) is 5.83. The molecule has 1 heterocycles. The number of pyridine rings is 1. The number of aliphatic hydroxyl groups is 1. The molecule has 0 aliphatic heterocycles. The van der Waals surface area contributed by atoms with Gasteiger partial charge in [-0.05, 0) is 19.4 Å². The lowest BCUT2D eigenvalue weighted by molar-refractivity contribution is 0.289. The van der Waals surface area contributed by atoms with E-state index >= 15 is 0 Å². The molecule has 2 aromatic rings. The van der Waals surface area contributed by atoms with Crippen molar-refractivity contribution >= 4 is 28.5 Å². The summed E-state index contributed by atoms with van der Waals surface area (Å²) in [7, 11) is 1.91. The minimum Gasteiger partial charge on any atom is -0.396 e. The summed E-state index contributed by atoms with van der Waals surface area (Å²) in [5.41, 5.74) is 3.98. The number of nitrogens with zero attached hydrogens (tertiary/aromatic N) is 2. The van der Waals surface area contributed by atoms with Crippen LogP contribution in [0.5, 0.6) is 0 Å². The predicted molar refractivity (Wildman–Crippen MR) is 102 cm³/mol. The highest BCUT2D eigenvalue weighted by molar-refractivity contribution is 5.96. The highest BCUT2D eigenvalue weighted by Gasteiger charge is 2.10. The van der Waals surface area contributed by atoms with Gasteiger partial charge in [0, 0.05) is 49.8 Å². The van der Waals surface area contributed by atoms with E-state index in [1.165, 1.54) is 0 Å². The molecule has 5 heteroatoms. The molecule has 128 valence electrons. The first kappa shape index (κ1) is 17.9. The molecule has 0 saturated carbocycles. The van der Waals surface area contributed by atoms with Crippen molar-refractivity contribution in [2.45, 2.75) is 19.8 Å². The summed E-state index contributed by atoms with van der Waals surface area (Å²) in [5, 5.41) is 21.4. The molecule has 0 saturated heterocycles. The summed E-state index contributed by atoms with van der Waals surface area (Å²) in [6.07, 6.45) is 3.07. The number of aliphatic hydroxyl groups excluding tert-OH is 1. The third-order valence-electron chi connectivity index (χ3n) is 4.11. The summed E-state index contributed by atoms with van der Waals surface area (Å²) in [4.78, 5) is 6.54. The first-order chi connectivity index (χ1) is 11.6. The summed E-state index contributed by atoms with van der Waals surface area (Å²) < 4.78 is 0. The van der Waals surface area contributed by atoms with Gasteiger partial charge in [-0.25, -0.2) is 0 Å². The molecule has 0 bridgehead atoms. The zero-order valence-electron chi connectivity index (χ0n) is 14.5. The van der Waals surface area contributed by atoms with Crippen LogP contribution in [0.15, 0.2) is 30.8 Å². The van der Waals surface area contributed by atoms with E-state index in [0.717, 1.165) is 34.4 Å². The zero-order chi connectivity index (χ0) is 17.5. The van der Waals surface area contributed by atoms with Crippen LogP contribution in [0.3, 0.4) is 0 Å². The van der Waals surface area contributed by atoms with E-state index in [0.29, 0.717) is 25.2 Å². The van der Waals surface area contributed by atoms with Crippen LogP contribution in [0, 0.1) is 12.3 Å². The standard InChI is InChI=1S/C19H26N4O/c1-4-15-14(2)22-17-9-6-5-8-16(17)19(15)21-11-12-23(3)18(20)10-7-13-24/h4-6,8-9,20,24H,1,7,10-13H2,2-3H3,(H,21,22). The fourth-order valence-corrected chi connectivity index (χ4v) is 2.71. The summed E-state index contributed by atoms with van der Waals surface area (Å²) >= 11 is 0. The van der Waals surface area contributed by atoms with E-state index in [4.69, 9.17) is 10.5 Å². The maximum absolute atomic E-state index is 8.86. The number of benzene rings is 1. The number of aryl methyl sites for hydroxylation is 1. The number of anilines is 1. The van der Waals surface area contributed by atoms with Gasteiger partial charge in [-0.3, -0.25) is 10.4 Å². The third-order valence-corrected chi connectivity index (χ3v) is 4.11. The number of aromatic nitrogens is 1. The molecule has 0 atom stereocenters. The first-order valence-electron chi connectivity index (χ1n) is 8.23. The molecular formula is C19H26N4O. The van der Waals surface area contributed by atoms with Gasteiger partial charge in [0.25, 0.3) is 0 Å². The zero-order valence-corrected chi connectivity index (χ0v) is 14.5. The van der Waals surface area contributed by atoms with E-state index in [9.17, 15) is 0 Å². The molecule has 5 nitrogen and oxygen atoms in total. The molecule has 2 rings (SSSR count). The monoisotopic (exact) mass is 326 g/mol. The van der Waals surface area contributed by atoms with Crippen molar-refractivity contribution in [3.63, 3.8) is 0 Å². The minimum atomic E-state index is 0.124. The molecule has 24 heavy (non-hydrogen) atoms. The van der Waals surface area contributed by atoms with E-state index in [-0.39, 0.29) is 6.61 Å². The van der Waals surface area contributed by atoms with E-state index in [2.05, 4.69) is 22.9 Å². The predicted octanol–water partition coefficient (Wildman–Crippen LogP) is 3.28. The average molecular weight is 326 g/mol. The summed E-state index contributed by atoms with van der Waals surface area (Å²) in [6.45, 7) is 7.47. The van der Waals surface area contributed by atoms with E-state index in [1.807, 2.05) is 43.1 Å². The molecule has 0 spiro atoms. The average Bonchev–Trinajstić information content (AvgIpc) is 2.59. The Morgan fingerprint density at radius 3 is 2.88 bits per heavy atom. The van der Waals surface area contributed by atoms with Gasteiger partial charge < -0.3 is 15.3 Å². The number of nitrogens with one attached hydrogen (secondary N) is 2. The summed E-state index contributed by atoms with van der Waals surface area (Å²) in [6, 6.07) is 8.07. The van der Waals surface area contributed by atoms with Gasteiger partial charge in [-0.1, -0.05) is 30.9 Å². The van der Waals surface area contributed by atoms with E-state index < -0.39 is 0 Å². The minimum absolute atomic E-state index is 0.124. The Labute approximate surface area is 143 Å². The lowest BCUT2D eigenvalue weighted by atomic mass is 10.1. The lowest BCUT2D eigenvalue weighted by Crippen LogP contribution is -2.31. The Balaban J connectivity index is 2.12. The summed E-state index contributed by atoms with van der Waals surface area (Å²) in [5.74, 6) is 0.547. The van der Waals surface area contributed by atoms with Crippen molar-refractivity contribution in [1.29, 1.82) is 5.41 Å². The van der Waals surface area contributed by atoms with Gasteiger partial charge in [-0.15, -0.1) is 0 Å². The number of hydrogen-bond acceptors (Lipinski definition) is 4. The Bertz CT molecular complexity index is 727. The second kappa shape index (κ2) is 8.45. The van der Waals surface area contributed by atoms with Crippen LogP contribution in [-0.4, -0.2) is 47.6 Å². The topological polar surface area (TPSA) is 72.2 Å². The maximum atomic E-state index is 8.86. The molecule has 0 unspecified atom stereocenters. The molecule has 0 fully saturated rings. The highest BCUT2D eigenvalue weighted by atomic mass is 16.2. The molecule has 3 N–H and O–H groups in total. The Kier molecular flexibility index (Phi) is 6.32. The van der Waals surface area contributed by atoms with Gasteiger partial charge in [0.05, 0.1) is 17.0 Å². The van der Waals surface area contributed by atoms with Crippen molar-refractivity contribution in [3.8, 4) is 0 Å².